The molecule has 0 aliphatic rings. The molecule has 14 heavy (non-hydrogen) atoms. The molecule has 0 amide bonds. The largest absolute Gasteiger partial charge is 0.508 e. The summed E-state index contributed by atoms with van der Waals surface area (Å²) in [4.78, 5) is 0. The Morgan fingerprint density at radius 1 is 1.29 bits per heavy atom. The quantitative estimate of drug-likeness (QED) is 0.425. The van der Waals surface area contributed by atoms with Crippen molar-refractivity contribution in [3.63, 3.8) is 0 Å². The van der Waals surface area contributed by atoms with Crippen LogP contribution in [0.15, 0.2) is 22.4 Å². The third kappa shape index (κ3) is 1.50. The molecule has 1 aromatic heterocycles. The van der Waals surface area contributed by atoms with Crippen LogP contribution in [0.2, 0.25) is 0 Å². The monoisotopic (exact) mass is 226 g/mol. The first-order chi connectivity index (χ1) is 6.59. The normalized spacial score (nSPS) is 10.8. The number of rotatable bonds is 1. The molecular weight excluding hydrogens is 219 g/mol. The molecule has 2 rings (SSSR count). The second-order valence-corrected chi connectivity index (χ2v) is 4.71. The van der Waals surface area contributed by atoms with Gasteiger partial charge in [-0.1, -0.05) is 0 Å². The van der Waals surface area contributed by atoms with Gasteiger partial charge in [-0.25, -0.2) is 0 Å². The smallest absolute Gasteiger partial charge is 0.493 e. The lowest BCUT2D eigenvalue weighted by atomic mass is 9.79. The van der Waals surface area contributed by atoms with E-state index in [0.29, 0.717) is 4.70 Å². The number of benzene rings is 1. The van der Waals surface area contributed by atoms with Crippen molar-refractivity contribution in [2.75, 3.05) is 0 Å². The van der Waals surface area contributed by atoms with Crippen molar-refractivity contribution in [3.05, 3.63) is 18.2 Å². The van der Waals surface area contributed by atoms with Gasteiger partial charge >= 0.3 is 7.12 Å². The third-order valence-electron chi connectivity index (χ3n) is 1.95. The van der Waals surface area contributed by atoms with Crippen LogP contribution in [0, 0.1) is 0 Å². The molecule has 0 saturated carbocycles. The minimum atomic E-state index is -1.66. The van der Waals surface area contributed by atoms with Gasteiger partial charge in [-0.05, 0) is 23.6 Å². The zero-order valence-corrected chi connectivity index (χ0v) is 8.72. The van der Waals surface area contributed by atoms with E-state index < -0.39 is 7.12 Å². The molecule has 1 heterocycles. The maximum Gasteiger partial charge on any atom is 0.493 e. The fourth-order valence-electron chi connectivity index (χ4n) is 1.35. The number of thiophene rings is 1. The van der Waals surface area contributed by atoms with Crippen LogP contribution in [-0.2, 0) is 0 Å². The number of hydrogen-bond donors (Lipinski definition) is 4. The van der Waals surface area contributed by atoms with Crippen molar-refractivity contribution in [1.29, 1.82) is 0 Å². The number of phenols is 1. The maximum absolute atomic E-state index is 9.45. The van der Waals surface area contributed by atoms with Gasteiger partial charge in [0.2, 0.25) is 0 Å². The lowest BCUT2D eigenvalue weighted by Gasteiger charge is -2.03. The highest BCUT2D eigenvalue weighted by Gasteiger charge is 2.20. The Bertz CT molecular complexity index is 481. The third-order valence-corrected chi connectivity index (χ3v) is 3.34. The molecule has 3 N–H and O–H groups in total. The second-order valence-electron chi connectivity index (χ2n) is 2.88. The SMILES string of the molecule is OB(O)c1c(O)ccc2cc(S)sc12. The molecule has 0 aliphatic carbocycles. The molecule has 0 aliphatic heterocycles. The topological polar surface area (TPSA) is 60.7 Å². The summed E-state index contributed by atoms with van der Waals surface area (Å²) < 4.78 is 1.43. The molecule has 0 radical (unpaired) electrons. The van der Waals surface area contributed by atoms with Gasteiger partial charge in [-0.15, -0.1) is 24.0 Å². The highest BCUT2D eigenvalue weighted by molar-refractivity contribution is 7.83. The summed E-state index contributed by atoms with van der Waals surface area (Å²) in [5.41, 5.74) is 0.146. The lowest BCUT2D eigenvalue weighted by Crippen LogP contribution is -2.30. The van der Waals surface area contributed by atoms with Crippen LogP contribution in [0.25, 0.3) is 10.1 Å². The Kier molecular flexibility index (Phi) is 2.44. The van der Waals surface area contributed by atoms with Gasteiger partial charge in [0.1, 0.15) is 5.75 Å². The maximum atomic E-state index is 9.45. The first-order valence-electron chi connectivity index (χ1n) is 3.90. The van der Waals surface area contributed by atoms with E-state index in [4.69, 9.17) is 10.0 Å². The van der Waals surface area contributed by atoms with E-state index in [0.717, 1.165) is 9.60 Å². The zero-order valence-electron chi connectivity index (χ0n) is 7.01. The summed E-state index contributed by atoms with van der Waals surface area (Å²) >= 11 is 5.47. The van der Waals surface area contributed by atoms with Gasteiger partial charge in [-0.3, -0.25) is 0 Å². The highest BCUT2D eigenvalue weighted by atomic mass is 32.2. The lowest BCUT2D eigenvalue weighted by molar-refractivity contribution is 0.420. The predicted octanol–water partition coefficient (Wildman–Crippen LogP) is 0.575. The van der Waals surface area contributed by atoms with Gasteiger partial charge in [-0.2, -0.15) is 0 Å². The van der Waals surface area contributed by atoms with Crippen molar-refractivity contribution in [1.82, 2.24) is 0 Å². The van der Waals surface area contributed by atoms with E-state index in [1.807, 2.05) is 6.07 Å². The predicted molar refractivity (Wildman–Crippen MR) is 60.6 cm³/mol. The van der Waals surface area contributed by atoms with Crippen molar-refractivity contribution >= 4 is 46.6 Å². The Balaban J connectivity index is 2.82. The van der Waals surface area contributed by atoms with Crippen molar-refractivity contribution in [3.8, 4) is 5.75 Å². The number of phenolic OH excluding ortho intramolecular Hbond substituents is 1. The summed E-state index contributed by atoms with van der Waals surface area (Å²) in [6, 6.07) is 4.97. The highest BCUT2D eigenvalue weighted by Crippen LogP contribution is 2.29. The van der Waals surface area contributed by atoms with Gasteiger partial charge in [0.25, 0.3) is 0 Å². The molecule has 0 atom stereocenters. The number of fused-ring (bicyclic) bond motifs is 1. The van der Waals surface area contributed by atoms with E-state index in [1.54, 1.807) is 6.07 Å². The standard InChI is InChI=1S/C8H7BO3S2/c10-5-2-1-4-3-6(13)14-8(4)7(5)9(11)12/h1-3,10-13H. The molecule has 0 spiro atoms. The van der Waals surface area contributed by atoms with Crippen LogP contribution in [0.5, 0.6) is 5.75 Å². The average molecular weight is 226 g/mol. The Hall–Kier alpha value is -0.685. The van der Waals surface area contributed by atoms with E-state index in [1.165, 1.54) is 17.4 Å². The van der Waals surface area contributed by atoms with E-state index in [2.05, 4.69) is 12.6 Å². The molecule has 2 aromatic rings. The van der Waals surface area contributed by atoms with E-state index >= 15 is 0 Å². The molecule has 0 bridgehead atoms. The summed E-state index contributed by atoms with van der Waals surface area (Å²) in [5, 5.41) is 28.5. The second kappa shape index (κ2) is 3.47. The van der Waals surface area contributed by atoms with Gasteiger partial charge in [0.15, 0.2) is 0 Å². The van der Waals surface area contributed by atoms with Crippen molar-refractivity contribution < 1.29 is 15.2 Å². The molecule has 0 saturated heterocycles. The van der Waals surface area contributed by atoms with Crippen LogP contribution in [0.1, 0.15) is 0 Å². The average Bonchev–Trinajstić information content (AvgIpc) is 2.43. The number of thiol groups is 1. The van der Waals surface area contributed by atoms with Crippen LogP contribution >= 0.6 is 24.0 Å². The molecule has 6 heteroatoms. The Labute approximate surface area is 90.2 Å². The van der Waals surface area contributed by atoms with Gasteiger partial charge in [0.05, 0.1) is 4.21 Å². The summed E-state index contributed by atoms with van der Waals surface area (Å²) in [5.74, 6) is -0.109. The molecule has 0 fully saturated rings. The zero-order chi connectivity index (χ0) is 10.3. The van der Waals surface area contributed by atoms with Gasteiger partial charge in [0, 0.05) is 10.2 Å². The molecule has 0 unspecified atom stereocenters. The molecular formula is C8H7BO3S2. The van der Waals surface area contributed by atoms with E-state index in [9.17, 15) is 5.11 Å². The Morgan fingerprint density at radius 2 is 2.00 bits per heavy atom. The summed E-state index contributed by atoms with van der Waals surface area (Å²) in [6.45, 7) is 0. The van der Waals surface area contributed by atoms with Crippen LogP contribution < -0.4 is 5.46 Å². The van der Waals surface area contributed by atoms with Gasteiger partial charge < -0.3 is 15.2 Å². The minimum Gasteiger partial charge on any atom is -0.508 e. The summed E-state index contributed by atoms with van der Waals surface area (Å²) in [6.07, 6.45) is 0. The first kappa shape index (κ1) is 9.85. The molecule has 72 valence electrons. The fraction of sp³-hybridized carbons (Fsp3) is 0. The van der Waals surface area contributed by atoms with E-state index in [-0.39, 0.29) is 11.2 Å². The van der Waals surface area contributed by atoms with Crippen molar-refractivity contribution in [2.24, 2.45) is 0 Å². The fourth-order valence-corrected chi connectivity index (χ4v) is 2.72. The molecule has 3 nitrogen and oxygen atoms in total. The van der Waals surface area contributed by atoms with Crippen LogP contribution in [0.3, 0.4) is 0 Å². The van der Waals surface area contributed by atoms with Crippen molar-refractivity contribution in [2.45, 2.75) is 4.21 Å². The van der Waals surface area contributed by atoms with Crippen LogP contribution in [0.4, 0.5) is 0 Å². The number of hydrogen-bond acceptors (Lipinski definition) is 5. The molecule has 1 aromatic carbocycles. The summed E-state index contributed by atoms with van der Waals surface area (Å²) in [7, 11) is -1.66. The first-order valence-corrected chi connectivity index (χ1v) is 5.16. The Morgan fingerprint density at radius 3 is 2.64 bits per heavy atom. The van der Waals surface area contributed by atoms with Crippen LogP contribution in [-0.4, -0.2) is 22.3 Å². The number of aromatic hydroxyl groups is 1. The minimum absolute atomic E-state index is 0.109.